The lowest BCUT2D eigenvalue weighted by molar-refractivity contribution is 0.525. The van der Waals surface area contributed by atoms with Gasteiger partial charge in [-0.1, -0.05) is 17.7 Å². The van der Waals surface area contributed by atoms with Crippen LogP contribution in [-0.2, 0) is 21.2 Å². The Labute approximate surface area is 117 Å². The first-order valence-corrected chi connectivity index (χ1v) is 7.44. The fraction of sp³-hybridized carbons (Fsp3) is 0.231. The Balaban J connectivity index is 2.13. The van der Waals surface area contributed by atoms with Crippen molar-refractivity contribution in [1.82, 2.24) is 14.7 Å². The average Bonchev–Trinajstić information content (AvgIpc) is 2.91. The van der Waals surface area contributed by atoms with E-state index in [4.69, 9.17) is 0 Å². The molecule has 2 N–H and O–H groups in total. The smallest absolute Gasteiger partial charge is 0.241 e. The minimum absolute atomic E-state index is 0.116. The van der Waals surface area contributed by atoms with Crippen molar-refractivity contribution in [1.29, 1.82) is 0 Å². The highest BCUT2D eigenvalue weighted by Gasteiger charge is 2.21. The van der Waals surface area contributed by atoms with Gasteiger partial charge < -0.3 is 4.98 Å². The Kier molecular flexibility index (Phi) is 4.31. The van der Waals surface area contributed by atoms with Gasteiger partial charge in [-0.2, -0.15) is 4.72 Å². The molecule has 2 rings (SSSR count). The minimum atomic E-state index is -3.74. The van der Waals surface area contributed by atoms with Crippen LogP contribution in [-0.4, -0.2) is 30.7 Å². The zero-order chi connectivity index (χ0) is 14.6. The Morgan fingerprint density at radius 1 is 1.35 bits per heavy atom. The van der Waals surface area contributed by atoms with Crippen LogP contribution in [0.4, 0.5) is 0 Å². The van der Waals surface area contributed by atoms with Crippen molar-refractivity contribution in [3.05, 3.63) is 48.0 Å². The van der Waals surface area contributed by atoms with Gasteiger partial charge in [-0.15, -0.1) is 0 Å². The lowest BCUT2D eigenvalue weighted by Crippen LogP contribution is -2.37. The van der Waals surface area contributed by atoms with Crippen molar-refractivity contribution in [3.63, 3.8) is 0 Å². The Bertz CT molecular complexity index is 663. The third kappa shape index (κ3) is 3.52. The fourth-order valence-corrected chi connectivity index (χ4v) is 2.83. The molecule has 6 nitrogen and oxygen atoms in total. The van der Waals surface area contributed by atoms with Gasteiger partial charge in [0.1, 0.15) is 0 Å². The molecule has 0 bridgehead atoms. The second-order valence-electron chi connectivity index (χ2n) is 4.37. The van der Waals surface area contributed by atoms with E-state index in [1.54, 1.807) is 24.6 Å². The highest BCUT2D eigenvalue weighted by atomic mass is 32.2. The van der Waals surface area contributed by atoms with Gasteiger partial charge in [0, 0.05) is 12.6 Å². The van der Waals surface area contributed by atoms with Crippen molar-refractivity contribution in [3.8, 4) is 0 Å². The molecule has 7 heteroatoms. The lowest BCUT2D eigenvalue weighted by atomic mass is 10.2. The predicted octanol–water partition coefficient (Wildman–Crippen LogP) is 0.717. The number of hydrogen-bond donors (Lipinski definition) is 2. The van der Waals surface area contributed by atoms with E-state index in [1.807, 2.05) is 6.92 Å². The van der Waals surface area contributed by atoms with Crippen LogP contribution in [0.25, 0.3) is 0 Å². The normalized spacial score (nSPS) is 13.1. The van der Waals surface area contributed by atoms with Gasteiger partial charge in [-0.3, -0.25) is 4.79 Å². The third-order valence-corrected chi connectivity index (χ3v) is 4.23. The summed E-state index contributed by atoms with van der Waals surface area (Å²) in [4.78, 5) is 17.7. The molecule has 20 heavy (non-hydrogen) atoms. The molecule has 0 aliphatic heterocycles. The number of rotatable bonds is 6. The van der Waals surface area contributed by atoms with E-state index in [1.165, 1.54) is 18.5 Å². The van der Waals surface area contributed by atoms with Gasteiger partial charge in [-0.25, -0.2) is 13.4 Å². The summed E-state index contributed by atoms with van der Waals surface area (Å²) in [5.41, 5.74) is 1.55. The van der Waals surface area contributed by atoms with E-state index < -0.39 is 16.1 Å². The maximum absolute atomic E-state index is 12.1. The van der Waals surface area contributed by atoms with Crippen LogP contribution in [0.15, 0.2) is 41.7 Å². The molecular weight excluding hydrogens is 278 g/mol. The largest absolute Gasteiger partial charge is 0.351 e. The number of carbonyl (C=O) groups excluding carboxylic acids is 1. The summed E-state index contributed by atoms with van der Waals surface area (Å²) in [5.74, 6) is 0. The summed E-state index contributed by atoms with van der Waals surface area (Å²) in [6.07, 6.45) is 4.90. The number of aromatic amines is 1. The van der Waals surface area contributed by atoms with E-state index in [-0.39, 0.29) is 11.3 Å². The lowest BCUT2D eigenvalue weighted by Gasteiger charge is -2.11. The molecule has 0 saturated carbocycles. The number of imidazole rings is 1. The molecule has 1 aromatic carbocycles. The topological polar surface area (TPSA) is 91.9 Å². The monoisotopic (exact) mass is 292 g/mol. The summed E-state index contributed by atoms with van der Waals surface area (Å²) in [6, 6.07) is 5.41. The number of benzene rings is 1. The van der Waals surface area contributed by atoms with E-state index in [2.05, 4.69) is 14.7 Å². The average molecular weight is 292 g/mol. The quantitative estimate of drug-likeness (QED) is 0.820. The number of nitrogens with one attached hydrogen (secondary N) is 2. The first kappa shape index (κ1) is 14.4. The number of H-pyrrole nitrogens is 1. The maximum atomic E-state index is 12.1. The Hall–Kier alpha value is -1.99. The molecule has 0 saturated heterocycles. The standard InChI is InChI=1S/C13H14N3O3S/c1-10-2-4-13(5-3-10)20(18,19)16-12(8-17)6-11-7-14-9-15-11/h2-5,7,9,12,16H,6H2,1H3,(H,14,15)/t12-/m0/s1. The molecule has 0 aliphatic carbocycles. The molecule has 0 aliphatic rings. The molecule has 0 unspecified atom stereocenters. The molecule has 1 aromatic heterocycles. The highest BCUT2D eigenvalue weighted by molar-refractivity contribution is 7.89. The zero-order valence-corrected chi connectivity index (χ0v) is 11.6. The van der Waals surface area contributed by atoms with Crippen LogP contribution in [0, 0.1) is 6.92 Å². The minimum Gasteiger partial charge on any atom is -0.351 e. The summed E-state index contributed by atoms with van der Waals surface area (Å²) in [7, 11) is -3.74. The van der Waals surface area contributed by atoms with Crippen LogP contribution >= 0.6 is 0 Å². The van der Waals surface area contributed by atoms with E-state index in [0.29, 0.717) is 5.69 Å². The molecule has 2 aromatic rings. The van der Waals surface area contributed by atoms with Crippen LogP contribution in [0.5, 0.6) is 0 Å². The first-order chi connectivity index (χ1) is 9.51. The summed E-state index contributed by atoms with van der Waals surface area (Å²) in [5, 5.41) is 0. The maximum Gasteiger partial charge on any atom is 0.241 e. The van der Waals surface area contributed by atoms with Gasteiger partial charge >= 0.3 is 0 Å². The number of hydrogen-bond acceptors (Lipinski definition) is 4. The van der Waals surface area contributed by atoms with Gasteiger partial charge in [0.15, 0.2) is 0 Å². The second-order valence-corrected chi connectivity index (χ2v) is 6.08. The van der Waals surface area contributed by atoms with Crippen LogP contribution < -0.4 is 4.72 Å². The molecule has 1 radical (unpaired) electrons. The van der Waals surface area contributed by atoms with Crippen molar-refractivity contribution in [2.75, 3.05) is 0 Å². The Morgan fingerprint density at radius 2 is 2.05 bits per heavy atom. The zero-order valence-electron chi connectivity index (χ0n) is 10.8. The van der Waals surface area contributed by atoms with Gasteiger partial charge in [-0.05, 0) is 19.1 Å². The van der Waals surface area contributed by atoms with Crippen LogP contribution in [0.3, 0.4) is 0 Å². The fourth-order valence-electron chi connectivity index (χ4n) is 1.69. The van der Waals surface area contributed by atoms with Gasteiger partial charge in [0.05, 0.1) is 23.0 Å². The van der Waals surface area contributed by atoms with Crippen molar-refractivity contribution < 1.29 is 13.2 Å². The van der Waals surface area contributed by atoms with Crippen molar-refractivity contribution in [2.45, 2.75) is 24.3 Å². The van der Waals surface area contributed by atoms with Crippen LogP contribution in [0.2, 0.25) is 0 Å². The van der Waals surface area contributed by atoms with Gasteiger partial charge in [0.25, 0.3) is 0 Å². The van der Waals surface area contributed by atoms with E-state index >= 15 is 0 Å². The molecule has 1 atom stereocenters. The van der Waals surface area contributed by atoms with Crippen LogP contribution in [0.1, 0.15) is 11.3 Å². The molecule has 105 valence electrons. The summed E-state index contributed by atoms with van der Waals surface area (Å²) in [6.45, 7) is 1.86. The highest BCUT2D eigenvalue weighted by Crippen LogP contribution is 2.11. The third-order valence-electron chi connectivity index (χ3n) is 2.74. The van der Waals surface area contributed by atoms with Crippen molar-refractivity contribution in [2.24, 2.45) is 0 Å². The number of aryl methyl sites for hydroxylation is 1. The number of nitrogens with zero attached hydrogens (tertiary/aromatic N) is 1. The number of sulfonamides is 1. The van der Waals surface area contributed by atoms with Gasteiger partial charge in [0.2, 0.25) is 16.3 Å². The van der Waals surface area contributed by atoms with E-state index in [9.17, 15) is 13.2 Å². The molecule has 0 amide bonds. The Morgan fingerprint density at radius 3 is 2.60 bits per heavy atom. The van der Waals surface area contributed by atoms with Crippen molar-refractivity contribution >= 4 is 16.3 Å². The summed E-state index contributed by atoms with van der Waals surface area (Å²) >= 11 is 0. The number of aromatic nitrogens is 2. The predicted molar refractivity (Wildman–Crippen MR) is 73.3 cm³/mol. The SMILES string of the molecule is Cc1ccc(S(=O)(=O)N[C@H]([C]=O)Cc2c[nH]cn2)cc1. The molecule has 0 spiro atoms. The molecule has 1 heterocycles. The van der Waals surface area contributed by atoms with E-state index in [0.717, 1.165) is 5.56 Å². The first-order valence-electron chi connectivity index (χ1n) is 5.95. The second kappa shape index (κ2) is 5.98. The molecule has 0 fully saturated rings. The summed E-state index contributed by atoms with van der Waals surface area (Å²) < 4.78 is 26.6. The molecular formula is C13H14N3O3S.